The molecule has 104 valence electrons. The van der Waals surface area contributed by atoms with Crippen molar-refractivity contribution in [2.24, 2.45) is 0 Å². The van der Waals surface area contributed by atoms with Crippen LogP contribution in [0, 0.1) is 3.57 Å². The van der Waals surface area contributed by atoms with Gasteiger partial charge in [-0.2, -0.15) is 0 Å². The van der Waals surface area contributed by atoms with Crippen LogP contribution >= 0.6 is 22.6 Å². The van der Waals surface area contributed by atoms with E-state index >= 15 is 0 Å². The second-order valence-electron chi connectivity index (χ2n) is 4.25. The lowest BCUT2D eigenvalue weighted by atomic mass is 10.1. The van der Waals surface area contributed by atoms with E-state index in [1.165, 1.54) is 0 Å². The molecule has 0 aromatic heterocycles. The highest BCUT2D eigenvalue weighted by atomic mass is 127. The Labute approximate surface area is 132 Å². The topological polar surface area (TPSA) is 38.3 Å². The van der Waals surface area contributed by atoms with Gasteiger partial charge in [-0.15, -0.1) is 0 Å². The van der Waals surface area contributed by atoms with E-state index in [1.807, 2.05) is 61.5 Å². The number of rotatable bonds is 5. The molecule has 1 atom stereocenters. The number of hydrogen-bond donors (Lipinski definition) is 1. The standard InChI is InChI=1S/C16H16INO2/c1-2-20-16(19)15(12-6-4-3-5-7-12)18-14-10-8-13(17)9-11-14/h3-11,15,18H,2H2,1H3. The Morgan fingerprint density at radius 1 is 1.15 bits per heavy atom. The molecule has 3 nitrogen and oxygen atoms in total. The van der Waals surface area contributed by atoms with Gasteiger partial charge in [0, 0.05) is 9.26 Å². The number of esters is 1. The molecule has 0 saturated carbocycles. The number of hydrogen-bond acceptors (Lipinski definition) is 3. The Balaban J connectivity index is 2.23. The summed E-state index contributed by atoms with van der Waals surface area (Å²) in [5, 5.41) is 3.23. The van der Waals surface area contributed by atoms with Crippen LogP contribution < -0.4 is 5.32 Å². The largest absolute Gasteiger partial charge is 0.464 e. The van der Waals surface area contributed by atoms with Gasteiger partial charge in [0.15, 0.2) is 6.04 Å². The van der Waals surface area contributed by atoms with E-state index in [0.29, 0.717) is 6.61 Å². The van der Waals surface area contributed by atoms with Gasteiger partial charge < -0.3 is 10.1 Å². The van der Waals surface area contributed by atoms with Crippen LogP contribution in [-0.2, 0) is 9.53 Å². The lowest BCUT2D eigenvalue weighted by Gasteiger charge is -2.18. The Kier molecular flexibility index (Phi) is 5.40. The summed E-state index contributed by atoms with van der Waals surface area (Å²) in [5.74, 6) is -0.266. The fourth-order valence-electron chi connectivity index (χ4n) is 1.86. The third-order valence-electron chi connectivity index (χ3n) is 2.81. The van der Waals surface area contributed by atoms with Crippen LogP contribution in [0.25, 0.3) is 0 Å². The Bertz CT molecular complexity index is 554. The molecule has 0 aliphatic heterocycles. The average Bonchev–Trinajstić information content (AvgIpc) is 2.48. The second-order valence-corrected chi connectivity index (χ2v) is 5.49. The maximum absolute atomic E-state index is 12.1. The highest BCUT2D eigenvalue weighted by Crippen LogP contribution is 2.21. The lowest BCUT2D eigenvalue weighted by molar-refractivity contribution is -0.144. The van der Waals surface area contributed by atoms with Crippen molar-refractivity contribution in [3.05, 3.63) is 63.7 Å². The zero-order chi connectivity index (χ0) is 14.4. The van der Waals surface area contributed by atoms with E-state index in [-0.39, 0.29) is 5.97 Å². The second kappa shape index (κ2) is 7.28. The first-order valence-corrected chi connectivity index (χ1v) is 7.52. The number of carbonyl (C=O) groups excluding carboxylic acids is 1. The van der Waals surface area contributed by atoms with Gasteiger partial charge in [0.1, 0.15) is 0 Å². The van der Waals surface area contributed by atoms with Crippen molar-refractivity contribution in [3.63, 3.8) is 0 Å². The van der Waals surface area contributed by atoms with Crippen LogP contribution in [-0.4, -0.2) is 12.6 Å². The van der Waals surface area contributed by atoms with Crippen LogP contribution in [0.15, 0.2) is 54.6 Å². The van der Waals surface area contributed by atoms with E-state index in [0.717, 1.165) is 14.8 Å². The minimum absolute atomic E-state index is 0.266. The first-order valence-electron chi connectivity index (χ1n) is 6.44. The lowest BCUT2D eigenvalue weighted by Crippen LogP contribution is -2.23. The molecule has 2 aromatic rings. The third-order valence-corrected chi connectivity index (χ3v) is 3.53. The van der Waals surface area contributed by atoms with Crippen LogP contribution in [0.5, 0.6) is 0 Å². The van der Waals surface area contributed by atoms with Gasteiger partial charge >= 0.3 is 5.97 Å². The van der Waals surface area contributed by atoms with Crippen LogP contribution in [0.3, 0.4) is 0 Å². The summed E-state index contributed by atoms with van der Waals surface area (Å²) in [6.07, 6.45) is 0. The first kappa shape index (κ1) is 14.8. The Morgan fingerprint density at radius 3 is 2.40 bits per heavy atom. The molecule has 1 unspecified atom stereocenters. The fraction of sp³-hybridized carbons (Fsp3) is 0.188. The minimum atomic E-state index is -0.490. The van der Waals surface area contributed by atoms with E-state index in [4.69, 9.17) is 4.74 Å². The molecule has 1 N–H and O–H groups in total. The molecule has 2 rings (SSSR count). The van der Waals surface area contributed by atoms with E-state index in [2.05, 4.69) is 27.9 Å². The van der Waals surface area contributed by atoms with E-state index < -0.39 is 6.04 Å². The SMILES string of the molecule is CCOC(=O)C(Nc1ccc(I)cc1)c1ccccc1. The van der Waals surface area contributed by atoms with Gasteiger partial charge in [-0.05, 0) is 59.3 Å². The van der Waals surface area contributed by atoms with Crippen molar-refractivity contribution in [2.75, 3.05) is 11.9 Å². The quantitative estimate of drug-likeness (QED) is 0.629. The zero-order valence-corrected chi connectivity index (χ0v) is 13.3. The highest BCUT2D eigenvalue weighted by Gasteiger charge is 2.21. The molecular weight excluding hydrogens is 365 g/mol. The van der Waals surface area contributed by atoms with Gasteiger partial charge in [0.05, 0.1) is 6.61 Å². The normalized spacial score (nSPS) is 11.7. The predicted octanol–water partition coefficient (Wildman–Crippen LogP) is 4.01. The summed E-state index contributed by atoms with van der Waals surface area (Å²) in [7, 11) is 0. The van der Waals surface area contributed by atoms with E-state index in [1.54, 1.807) is 0 Å². The van der Waals surface area contributed by atoms with Crippen molar-refractivity contribution in [1.82, 2.24) is 0 Å². The van der Waals surface area contributed by atoms with E-state index in [9.17, 15) is 4.79 Å². The van der Waals surface area contributed by atoms with Crippen LogP contribution in [0.1, 0.15) is 18.5 Å². The minimum Gasteiger partial charge on any atom is -0.464 e. The molecule has 0 saturated heterocycles. The Morgan fingerprint density at radius 2 is 1.80 bits per heavy atom. The smallest absolute Gasteiger partial charge is 0.333 e. The molecule has 4 heteroatoms. The van der Waals surface area contributed by atoms with Gasteiger partial charge in [-0.1, -0.05) is 30.3 Å². The first-order chi connectivity index (χ1) is 9.70. The van der Waals surface area contributed by atoms with Gasteiger partial charge in [-0.3, -0.25) is 0 Å². The molecule has 0 heterocycles. The van der Waals surface area contributed by atoms with Gasteiger partial charge in [0.2, 0.25) is 0 Å². The summed E-state index contributed by atoms with van der Waals surface area (Å²) in [5.41, 5.74) is 1.79. The Hall–Kier alpha value is -1.56. The third kappa shape index (κ3) is 3.96. The number of benzene rings is 2. The van der Waals surface area contributed by atoms with Gasteiger partial charge in [-0.25, -0.2) is 4.79 Å². The molecular formula is C16H16INO2. The summed E-state index contributed by atoms with van der Waals surface area (Å²) in [6.45, 7) is 2.18. The van der Waals surface area contributed by atoms with Crippen molar-refractivity contribution in [2.45, 2.75) is 13.0 Å². The maximum atomic E-state index is 12.1. The summed E-state index contributed by atoms with van der Waals surface area (Å²) in [6, 6.07) is 17.0. The number of ether oxygens (including phenoxy) is 1. The average molecular weight is 381 g/mol. The van der Waals surface area contributed by atoms with Gasteiger partial charge in [0.25, 0.3) is 0 Å². The molecule has 0 spiro atoms. The maximum Gasteiger partial charge on any atom is 0.333 e. The van der Waals surface area contributed by atoms with Crippen molar-refractivity contribution in [3.8, 4) is 0 Å². The number of carbonyl (C=O) groups is 1. The van der Waals surface area contributed by atoms with Crippen LogP contribution in [0.2, 0.25) is 0 Å². The summed E-state index contributed by atoms with van der Waals surface area (Å²) >= 11 is 2.25. The molecule has 0 amide bonds. The van der Waals surface area contributed by atoms with Crippen molar-refractivity contribution >= 4 is 34.2 Å². The molecule has 2 aromatic carbocycles. The molecule has 0 bridgehead atoms. The highest BCUT2D eigenvalue weighted by molar-refractivity contribution is 14.1. The summed E-state index contributed by atoms with van der Waals surface area (Å²) in [4.78, 5) is 12.1. The molecule has 20 heavy (non-hydrogen) atoms. The zero-order valence-electron chi connectivity index (χ0n) is 11.2. The van der Waals surface area contributed by atoms with Crippen molar-refractivity contribution < 1.29 is 9.53 Å². The number of halogens is 1. The predicted molar refractivity (Wildman–Crippen MR) is 88.6 cm³/mol. The molecule has 0 aliphatic carbocycles. The summed E-state index contributed by atoms with van der Waals surface area (Å²) < 4.78 is 6.30. The monoisotopic (exact) mass is 381 g/mol. The molecule has 0 radical (unpaired) electrons. The van der Waals surface area contributed by atoms with Crippen LogP contribution in [0.4, 0.5) is 5.69 Å². The number of nitrogens with one attached hydrogen (secondary N) is 1. The molecule has 0 fully saturated rings. The van der Waals surface area contributed by atoms with Crippen molar-refractivity contribution in [1.29, 1.82) is 0 Å². The molecule has 0 aliphatic rings. The fourth-order valence-corrected chi connectivity index (χ4v) is 2.22. The number of anilines is 1.